The molecule has 0 amide bonds. The van der Waals surface area contributed by atoms with Gasteiger partial charge in [-0.2, -0.15) is 0 Å². The summed E-state index contributed by atoms with van der Waals surface area (Å²) in [7, 11) is 0. The molecule has 0 aliphatic heterocycles. The van der Waals surface area contributed by atoms with Crippen LogP contribution in [0.5, 0.6) is 0 Å². The Labute approximate surface area is 93.1 Å². The second-order valence-corrected chi connectivity index (χ2v) is 5.02. The maximum absolute atomic E-state index is 9.60. The van der Waals surface area contributed by atoms with Gasteiger partial charge in [0.2, 0.25) is 0 Å². The minimum Gasteiger partial charge on any atom is -0.390 e. The quantitative estimate of drug-likeness (QED) is 0.778. The van der Waals surface area contributed by atoms with E-state index in [4.69, 9.17) is 0 Å². The van der Waals surface area contributed by atoms with Crippen LogP contribution in [0.4, 0.5) is 0 Å². The highest BCUT2D eigenvalue weighted by atomic mass is 16.3. The third kappa shape index (κ3) is 4.98. The molecule has 1 heteroatoms. The predicted octanol–water partition coefficient (Wildman–Crippen LogP) is 3.73. The van der Waals surface area contributed by atoms with Crippen molar-refractivity contribution in [2.75, 3.05) is 0 Å². The number of hydrogen-bond acceptors (Lipinski definition) is 1. The molecule has 1 rings (SSSR count). The lowest BCUT2D eigenvalue weighted by molar-refractivity contribution is 0.0678. The van der Waals surface area contributed by atoms with Crippen LogP contribution in [0.2, 0.25) is 0 Å². The van der Waals surface area contributed by atoms with Gasteiger partial charge >= 0.3 is 0 Å². The van der Waals surface area contributed by atoms with E-state index in [1.807, 2.05) is 19.9 Å². The van der Waals surface area contributed by atoms with Crippen LogP contribution in [0, 0.1) is 0 Å². The summed E-state index contributed by atoms with van der Waals surface area (Å²) in [5, 5.41) is 9.60. The van der Waals surface area contributed by atoms with Crippen LogP contribution in [0.15, 0.2) is 30.3 Å². The SMILES string of the molecule is C[C@@H](CCCC(C)(C)O)c1ccccc1. The Morgan fingerprint density at radius 3 is 2.33 bits per heavy atom. The maximum Gasteiger partial charge on any atom is 0.0591 e. The standard InChI is InChI=1S/C14H22O/c1-12(8-7-11-14(2,3)15)13-9-5-4-6-10-13/h4-6,9-10,12,15H,7-8,11H2,1-3H3/t12-/m0/s1. The molecular formula is C14H22O. The van der Waals surface area contributed by atoms with Crippen molar-refractivity contribution in [1.29, 1.82) is 0 Å². The Balaban J connectivity index is 2.34. The average Bonchev–Trinajstić information content (AvgIpc) is 2.17. The zero-order valence-corrected chi connectivity index (χ0v) is 10.0. The third-order valence-electron chi connectivity index (χ3n) is 2.79. The molecule has 0 bridgehead atoms. The first-order valence-electron chi connectivity index (χ1n) is 5.76. The molecule has 0 aliphatic rings. The van der Waals surface area contributed by atoms with Crippen molar-refractivity contribution in [2.24, 2.45) is 0 Å². The van der Waals surface area contributed by atoms with E-state index in [1.54, 1.807) is 0 Å². The van der Waals surface area contributed by atoms with Crippen LogP contribution < -0.4 is 0 Å². The third-order valence-corrected chi connectivity index (χ3v) is 2.79. The van der Waals surface area contributed by atoms with Crippen molar-refractivity contribution >= 4 is 0 Å². The first kappa shape index (κ1) is 12.3. The van der Waals surface area contributed by atoms with Gasteiger partial charge in [0.05, 0.1) is 5.60 Å². The van der Waals surface area contributed by atoms with Crippen molar-refractivity contribution in [3.63, 3.8) is 0 Å². The van der Waals surface area contributed by atoms with Gasteiger partial charge in [0.25, 0.3) is 0 Å². The molecule has 0 aliphatic carbocycles. The summed E-state index contributed by atoms with van der Waals surface area (Å²) < 4.78 is 0. The van der Waals surface area contributed by atoms with Crippen LogP contribution in [0.3, 0.4) is 0 Å². The second kappa shape index (κ2) is 5.32. The lowest BCUT2D eigenvalue weighted by Gasteiger charge is -2.18. The average molecular weight is 206 g/mol. The molecule has 1 N–H and O–H groups in total. The zero-order valence-electron chi connectivity index (χ0n) is 10.0. The fourth-order valence-corrected chi connectivity index (χ4v) is 1.79. The monoisotopic (exact) mass is 206 g/mol. The lowest BCUT2D eigenvalue weighted by Crippen LogP contribution is -2.18. The summed E-state index contributed by atoms with van der Waals surface area (Å²) in [5.74, 6) is 0.591. The number of rotatable bonds is 5. The minimum atomic E-state index is -0.517. The Morgan fingerprint density at radius 1 is 1.20 bits per heavy atom. The molecule has 1 nitrogen and oxygen atoms in total. The van der Waals surface area contributed by atoms with Gasteiger partial charge < -0.3 is 5.11 Å². The van der Waals surface area contributed by atoms with Crippen LogP contribution in [0.25, 0.3) is 0 Å². The van der Waals surface area contributed by atoms with E-state index in [0.29, 0.717) is 5.92 Å². The van der Waals surface area contributed by atoms with E-state index in [0.717, 1.165) is 19.3 Å². The van der Waals surface area contributed by atoms with Gasteiger partial charge in [-0.05, 0) is 38.2 Å². The van der Waals surface area contributed by atoms with Crippen molar-refractivity contribution in [2.45, 2.75) is 51.6 Å². The Hall–Kier alpha value is -0.820. The number of hydrogen-bond donors (Lipinski definition) is 1. The van der Waals surface area contributed by atoms with Gasteiger partial charge in [-0.3, -0.25) is 0 Å². The van der Waals surface area contributed by atoms with E-state index in [1.165, 1.54) is 5.56 Å². The largest absolute Gasteiger partial charge is 0.390 e. The molecule has 84 valence electrons. The summed E-state index contributed by atoms with van der Waals surface area (Å²) in [4.78, 5) is 0. The molecule has 0 spiro atoms. The number of benzene rings is 1. The van der Waals surface area contributed by atoms with Crippen molar-refractivity contribution in [3.8, 4) is 0 Å². The highest BCUT2D eigenvalue weighted by molar-refractivity contribution is 5.18. The summed E-state index contributed by atoms with van der Waals surface area (Å²) in [6.45, 7) is 6.00. The van der Waals surface area contributed by atoms with E-state index in [2.05, 4.69) is 31.2 Å². The van der Waals surface area contributed by atoms with Crippen LogP contribution in [-0.4, -0.2) is 10.7 Å². The predicted molar refractivity (Wildman–Crippen MR) is 65.0 cm³/mol. The fraction of sp³-hybridized carbons (Fsp3) is 0.571. The summed E-state index contributed by atoms with van der Waals surface area (Å²) in [6, 6.07) is 10.6. The van der Waals surface area contributed by atoms with Gasteiger partial charge in [0, 0.05) is 0 Å². The lowest BCUT2D eigenvalue weighted by atomic mass is 9.92. The van der Waals surface area contributed by atoms with Gasteiger partial charge in [-0.15, -0.1) is 0 Å². The van der Waals surface area contributed by atoms with Crippen molar-refractivity contribution in [3.05, 3.63) is 35.9 Å². The molecule has 0 heterocycles. The normalized spacial score (nSPS) is 13.9. The summed E-state index contributed by atoms with van der Waals surface area (Å²) >= 11 is 0. The summed E-state index contributed by atoms with van der Waals surface area (Å²) in [6.07, 6.45) is 3.11. The maximum atomic E-state index is 9.60. The molecule has 0 aromatic heterocycles. The highest BCUT2D eigenvalue weighted by Gasteiger charge is 2.13. The van der Waals surface area contributed by atoms with Crippen LogP contribution >= 0.6 is 0 Å². The van der Waals surface area contributed by atoms with Gasteiger partial charge in [0.15, 0.2) is 0 Å². The first-order chi connectivity index (χ1) is 6.99. The second-order valence-electron chi connectivity index (χ2n) is 5.02. The molecule has 0 radical (unpaired) electrons. The topological polar surface area (TPSA) is 20.2 Å². The van der Waals surface area contributed by atoms with Gasteiger partial charge in [-0.1, -0.05) is 43.7 Å². The van der Waals surface area contributed by atoms with Gasteiger partial charge in [-0.25, -0.2) is 0 Å². The molecule has 0 fully saturated rings. The number of aliphatic hydroxyl groups is 1. The molecule has 1 atom stereocenters. The molecule has 1 aromatic carbocycles. The molecule has 1 aromatic rings. The van der Waals surface area contributed by atoms with E-state index in [9.17, 15) is 5.11 Å². The Bertz CT molecular complexity index is 271. The van der Waals surface area contributed by atoms with E-state index in [-0.39, 0.29) is 0 Å². The molecule has 0 saturated carbocycles. The Morgan fingerprint density at radius 2 is 1.80 bits per heavy atom. The van der Waals surface area contributed by atoms with Crippen LogP contribution in [0.1, 0.15) is 51.5 Å². The van der Waals surface area contributed by atoms with Crippen molar-refractivity contribution < 1.29 is 5.11 Å². The Kier molecular flexibility index (Phi) is 4.34. The van der Waals surface area contributed by atoms with Gasteiger partial charge in [0.1, 0.15) is 0 Å². The van der Waals surface area contributed by atoms with E-state index < -0.39 is 5.60 Å². The minimum absolute atomic E-state index is 0.517. The van der Waals surface area contributed by atoms with Crippen LogP contribution in [-0.2, 0) is 0 Å². The first-order valence-corrected chi connectivity index (χ1v) is 5.76. The molecule has 0 unspecified atom stereocenters. The highest BCUT2D eigenvalue weighted by Crippen LogP contribution is 2.23. The summed E-state index contributed by atoms with van der Waals surface area (Å²) in [5.41, 5.74) is 0.879. The molecular weight excluding hydrogens is 184 g/mol. The van der Waals surface area contributed by atoms with Crippen molar-refractivity contribution in [1.82, 2.24) is 0 Å². The molecule has 15 heavy (non-hydrogen) atoms. The fourth-order valence-electron chi connectivity index (χ4n) is 1.79. The zero-order chi connectivity index (χ0) is 11.3. The van der Waals surface area contributed by atoms with E-state index >= 15 is 0 Å². The molecule has 0 saturated heterocycles. The smallest absolute Gasteiger partial charge is 0.0591 e.